The van der Waals surface area contributed by atoms with Gasteiger partial charge in [-0.1, -0.05) is 11.3 Å². The van der Waals surface area contributed by atoms with Gasteiger partial charge in [-0.15, -0.1) is 0 Å². The lowest BCUT2D eigenvalue weighted by molar-refractivity contribution is -0.143. The number of hydrogen-bond acceptors (Lipinski definition) is 9. The van der Waals surface area contributed by atoms with Crippen LogP contribution in [0.3, 0.4) is 0 Å². The number of esters is 1. The van der Waals surface area contributed by atoms with Crippen LogP contribution in [-0.2, 0) is 20.8 Å². The third kappa shape index (κ3) is 4.99. The normalized spacial score (nSPS) is 13.7. The maximum absolute atomic E-state index is 12.8. The molecular formula is C22H24N4O6S. The molecule has 1 fully saturated rings. The van der Waals surface area contributed by atoms with E-state index in [1.54, 1.807) is 14.0 Å². The molecule has 0 spiro atoms. The number of morpholine rings is 1. The maximum atomic E-state index is 12.8. The number of aromatic nitrogens is 2. The first kappa shape index (κ1) is 22.7. The molecule has 3 heterocycles. The number of methoxy groups -OCH3 is 1. The highest BCUT2D eigenvalue weighted by Gasteiger charge is 2.20. The van der Waals surface area contributed by atoms with Crippen LogP contribution < -0.4 is 20.5 Å². The first-order chi connectivity index (χ1) is 16.0. The SMILES string of the molecule is CCOC(=O)Cn1ccc(C(=O)Nc2nc3c(OC)ccc(N4CCOCC4)c3s2)cc1=O. The zero-order valence-corrected chi connectivity index (χ0v) is 19.1. The highest BCUT2D eigenvalue weighted by molar-refractivity contribution is 7.23. The van der Waals surface area contributed by atoms with Gasteiger partial charge in [0, 0.05) is 30.9 Å². The van der Waals surface area contributed by atoms with Crippen LogP contribution in [0.2, 0.25) is 0 Å². The summed E-state index contributed by atoms with van der Waals surface area (Å²) in [6, 6.07) is 6.51. The average molecular weight is 473 g/mol. The summed E-state index contributed by atoms with van der Waals surface area (Å²) >= 11 is 1.34. The van der Waals surface area contributed by atoms with Crippen molar-refractivity contribution >= 4 is 44.2 Å². The lowest BCUT2D eigenvalue weighted by Gasteiger charge is -2.29. The molecule has 33 heavy (non-hydrogen) atoms. The quantitative estimate of drug-likeness (QED) is 0.521. The van der Waals surface area contributed by atoms with Crippen molar-refractivity contribution in [3.63, 3.8) is 0 Å². The number of nitrogens with zero attached hydrogens (tertiary/aromatic N) is 3. The minimum atomic E-state index is -0.517. The second kappa shape index (κ2) is 10.0. The number of thiazole rings is 1. The van der Waals surface area contributed by atoms with E-state index in [9.17, 15) is 14.4 Å². The first-order valence-corrected chi connectivity index (χ1v) is 11.3. The number of rotatable bonds is 7. The van der Waals surface area contributed by atoms with E-state index in [1.807, 2.05) is 12.1 Å². The van der Waals surface area contributed by atoms with Gasteiger partial charge in [0.25, 0.3) is 11.5 Å². The Kier molecular flexibility index (Phi) is 6.90. The van der Waals surface area contributed by atoms with Crippen molar-refractivity contribution in [2.24, 2.45) is 0 Å². The fourth-order valence-electron chi connectivity index (χ4n) is 3.54. The molecule has 4 rings (SSSR count). The number of fused-ring (bicyclic) bond motifs is 1. The summed E-state index contributed by atoms with van der Waals surface area (Å²) in [5, 5.41) is 3.16. The Balaban J connectivity index is 1.57. The van der Waals surface area contributed by atoms with Crippen LogP contribution in [-0.4, -0.2) is 61.4 Å². The van der Waals surface area contributed by atoms with Crippen LogP contribution >= 0.6 is 11.3 Å². The van der Waals surface area contributed by atoms with Gasteiger partial charge in [0.05, 0.1) is 37.3 Å². The van der Waals surface area contributed by atoms with Crippen LogP contribution in [0, 0.1) is 0 Å². The predicted octanol–water partition coefficient (Wildman–Crippen LogP) is 2.12. The third-order valence-corrected chi connectivity index (χ3v) is 6.13. The van der Waals surface area contributed by atoms with Crippen molar-refractivity contribution in [1.82, 2.24) is 9.55 Å². The average Bonchev–Trinajstić information content (AvgIpc) is 3.24. The lowest BCUT2D eigenvalue weighted by Crippen LogP contribution is -2.36. The van der Waals surface area contributed by atoms with Crippen molar-refractivity contribution in [2.45, 2.75) is 13.5 Å². The number of anilines is 2. The van der Waals surface area contributed by atoms with E-state index in [2.05, 4.69) is 15.2 Å². The van der Waals surface area contributed by atoms with Gasteiger partial charge in [-0.25, -0.2) is 4.98 Å². The molecular weight excluding hydrogens is 448 g/mol. The fourth-order valence-corrected chi connectivity index (χ4v) is 4.55. The second-order valence-electron chi connectivity index (χ2n) is 7.22. The fraction of sp³-hybridized carbons (Fsp3) is 0.364. The van der Waals surface area contributed by atoms with Crippen LogP contribution in [0.25, 0.3) is 10.2 Å². The standard InChI is InChI=1S/C22H24N4O6S/c1-3-32-18(28)13-26-7-6-14(12-17(26)27)21(29)24-22-23-19-16(30-2)5-4-15(20(19)33-22)25-8-10-31-11-9-25/h4-7,12H,3,8-11,13H2,1-2H3,(H,23,24,29). The second-order valence-corrected chi connectivity index (χ2v) is 8.22. The molecule has 1 saturated heterocycles. The third-order valence-electron chi connectivity index (χ3n) is 5.14. The topological polar surface area (TPSA) is 112 Å². The van der Waals surface area contributed by atoms with Gasteiger partial charge < -0.3 is 23.7 Å². The number of benzene rings is 1. The Labute approximate surface area is 193 Å². The molecule has 0 saturated carbocycles. The summed E-state index contributed by atoms with van der Waals surface area (Å²) in [6.07, 6.45) is 1.39. The Bertz CT molecular complexity index is 1230. The lowest BCUT2D eigenvalue weighted by atomic mass is 10.2. The summed E-state index contributed by atoms with van der Waals surface area (Å²) in [5.74, 6) is -0.377. The van der Waals surface area contributed by atoms with Crippen LogP contribution in [0.5, 0.6) is 5.75 Å². The van der Waals surface area contributed by atoms with E-state index in [1.165, 1.54) is 34.2 Å². The first-order valence-electron chi connectivity index (χ1n) is 10.5. The number of amides is 1. The minimum Gasteiger partial charge on any atom is -0.494 e. The zero-order chi connectivity index (χ0) is 23.4. The van der Waals surface area contributed by atoms with Crippen molar-refractivity contribution < 1.29 is 23.8 Å². The van der Waals surface area contributed by atoms with E-state index in [-0.39, 0.29) is 18.7 Å². The Morgan fingerprint density at radius 2 is 2.03 bits per heavy atom. The molecule has 1 amide bonds. The molecule has 10 nitrogen and oxygen atoms in total. The van der Waals surface area contributed by atoms with Crippen molar-refractivity contribution in [3.05, 3.63) is 46.4 Å². The van der Waals surface area contributed by atoms with Crippen LogP contribution in [0.15, 0.2) is 35.3 Å². The highest BCUT2D eigenvalue weighted by atomic mass is 32.1. The van der Waals surface area contributed by atoms with Crippen molar-refractivity contribution in [2.75, 3.05) is 50.2 Å². The largest absolute Gasteiger partial charge is 0.494 e. The Morgan fingerprint density at radius 1 is 1.24 bits per heavy atom. The number of carbonyl (C=O) groups excluding carboxylic acids is 2. The molecule has 1 aliphatic heterocycles. The molecule has 0 atom stereocenters. The summed E-state index contributed by atoms with van der Waals surface area (Å²) in [7, 11) is 1.58. The van der Waals surface area contributed by atoms with E-state index in [0.717, 1.165) is 23.5 Å². The summed E-state index contributed by atoms with van der Waals surface area (Å²) < 4.78 is 17.8. The van der Waals surface area contributed by atoms with Gasteiger partial charge in [-0.05, 0) is 25.1 Å². The van der Waals surface area contributed by atoms with Gasteiger partial charge in [0.2, 0.25) is 0 Å². The van der Waals surface area contributed by atoms with Gasteiger partial charge in [-0.3, -0.25) is 19.7 Å². The summed E-state index contributed by atoms with van der Waals surface area (Å²) in [5.41, 5.74) is 1.36. The monoisotopic (exact) mass is 472 g/mol. The van der Waals surface area contributed by atoms with E-state index >= 15 is 0 Å². The van der Waals surface area contributed by atoms with Crippen molar-refractivity contribution in [1.29, 1.82) is 0 Å². The number of pyridine rings is 1. The Morgan fingerprint density at radius 3 is 2.73 bits per heavy atom. The number of hydrogen-bond donors (Lipinski definition) is 1. The molecule has 0 bridgehead atoms. The smallest absolute Gasteiger partial charge is 0.326 e. The summed E-state index contributed by atoms with van der Waals surface area (Å²) in [6.45, 7) is 4.54. The molecule has 3 aromatic rings. The molecule has 1 aromatic carbocycles. The van der Waals surface area contributed by atoms with E-state index < -0.39 is 17.4 Å². The maximum Gasteiger partial charge on any atom is 0.326 e. The molecule has 1 N–H and O–H groups in total. The van der Waals surface area contributed by atoms with Crippen LogP contribution in [0.4, 0.5) is 10.8 Å². The minimum absolute atomic E-state index is 0.166. The summed E-state index contributed by atoms with van der Waals surface area (Å²) in [4.78, 5) is 43.5. The Hall–Kier alpha value is -3.44. The number of ether oxygens (including phenoxy) is 3. The van der Waals surface area contributed by atoms with E-state index in [4.69, 9.17) is 14.2 Å². The van der Waals surface area contributed by atoms with Gasteiger partial charge >= 0.3 is 5.97 Å². The molecule has 0 unspecified atom stereocenters. The van der Waals surface area contributed by atoms with Crippen molar-refractivity contribution in [3.8, 4) is 5.75 Å². The number of carbonyl (C=O) groups is 2. The molecule has 0 radical (unpaired) electrons. The molecule has 2 aromatic heterocycles. The van der Waals surface area contributed by atoms with Gasteiger partial charge in [0.15, 0.2) is 5.13 Å². The molecule has 174 valence electrons. The van der Waals surface area contributed by atoms with Crippen LogP contribution in [0.1, 0.15) is 17.3 Å². The molecule has 11 heteroatoms. The zero-order valence-electron chi connectivity index (χ0n) is 18.3. The van der Waals surface area contributed by atoms with E-state index in [0.29, 0.717) is 29.6 Å². The van der Waals surface area contributed by atoms with Gasteiger partial charge in [-0.2, -0.15) is 0 Å². The highest BCUT2D eigenvalue weighted by Crippen LogP contribution is 2.39. The molecule has 1 aliphatic rings. The molecule has 0 aliphatic carbocycles. The predicted molar refractivity (Wildman–Crippen MR) is 124 cm³/mol. The van der Waals surface area contributed by atoms with Gasteiger partial charge in [0.1, 0.15) is 17.8 Å². The number of nitrogens with one attached hydrogen (secondary N) is 1.